The monoisotopic (exact) mass is 282 g/mol. The van der Waals surface area contributed by atoms with Gasteiger partial charge in [-0.3, -0.25) is 0 Å². The lowest BCUT2D eigenvalue weighted by molar-refractivity contribution is -0.00483. The second-order valence-corrected chi connectivity index (χ2v) is 5.80. The highest BCUT2D eigenvalue weighted by atomic mass is 32.2. The third kappa shape index (κ3) is 3.30. The molecule has 5 nitrogen and oxygen atoms in total. The Kier molecular flexibility index (Phi) is 4.52. The van der Waals surface area contributed by atoms with Gasteiger partial charge in [-0.25, -0.2) is 9.97 Å². The third-order valence-corrected chi connectivity index (χ3v) is 4.15. The minimum Gasteiger partial charge on any atom is -0.377 e. The number of nitrogens with one attached hydrogen (secondary N) is 1. The van der Waals surface area contributed by atoms with E-state index in [4.69, 9.17) is 4.74 Å². The molecule has 1 aromatic rings. The summed E-state index contributed by atoms with van der Waals surface area (Å²) < 4.78 is 5.64. The maximum absolute atomic E-state index is 5.64. The van der Waals surface area contributed by atoms with Crippen molar-refractivity contribution in [3.05, 3.63) is 6.07 Å². The number of piperidine rings is 1. The zero-order valence-electron chi connectivity index (χ0n) is 12.1. The number of methoxy groups -OCH3 is 1. The van der Waals surface area contributed by atoms with E-state index >= 15 is 0 Å². The molecular formula is C13H22N4OS. The lowest BCUT2D eigenvalue weighted by atomic mass is 9.95. The zero-order valence-corrected chi connectivity index (χ0v) is 12.9. The first kappa shape index (κ1) is 14.4. The number of anilines is 2. The summed E-state index contributed by atoms with van der Waals surface area (Å²) in [5.41, 5.74) is -0.0808. The van der Waals surface area contributed by atoms with Gasteiger partial charge in [-0.1, -0.05) is 11.8 Å². The first-order valence-electron chi connectivity index (χ1n) is 6.51. The first-order valence-corrected chi connectivity index (χ1v) is 7.73. The van der Waals surface area contributed by atoms with Crippen LogP contribution in [0.4, 0.5) is 11.6 Å². The van der Waals surface area contributed by atoms with E-state index in [2.05, 4.69) is 27.1 Å². The summed E-state index contributed by atoms with van der Waals surface area (Å²) in [7, 11) is 3.67. The van der Waals surface area contributed by atoms with Crippen LogP contribution >= 0.6 is 11.8 Å². The molecule has 1 aliphatic heterocycles. The van der Waals surface area contributed by atoms with Crippen LogP contribution in [0, 0.1) is 0 Å². The normalized spacial score (nSPS) is 23.5. The Bertz CT molecular complexity index is 420. The van der Waals surface area contributed by atoms with Gasteiger partial charge in [0, 0.05) is 33.3 Å². The van der Waals surface area contributed by atoms with Crippen LogP contribution in [0.15, 0.2) is 11.2 Å². The van der Waals surface area contributed by atoms with Gasteiger partial charge in [0.05, 0.1) is 5.60 Å². The van der Waals surface area contributed by atoms with Gasteiger partial charge in [-0.2, -0.15) is 0 Å². The first-order chi connectivity index (χ1) is 9.10. The molecule has 1 aliphatic rings. The van der Waals surface area contributed by atoms with Crippen LogP contribution in [0.2, 0.25) is 0 Å². The van der Waals surface area contributed by atoms with Gasteiger partial charge in [-0.05, 0) is 26.0 Å². The minimum atomic E-state index is -0.0808. The van der Waals surface area contributed by atoms with Crippen molar-refractivity contribution >= 4 is 23.4 Å². The average Bonchev–Trinajstić information content (AvgIpc) is 2.46. The molecule has 1 saturated heterocycles. The quantitative estimate of drug-likeness (QED) is 0.675. The molecule has 0 spiro atoms. The number of thioether (sulfide) groups is 1. The summed E-state index contributed by atoms with van der Waals surface area (Å²) in [4.78, 5) is 11.3. The Labute approximate surface area is 119 Å². The van der Waals surface area contributed by atoms with Crippen molar-refractivity contribution < 1.29 is 4.74 Å². The Morgan fingerprint density at radius 1 is 1.47 bits per heavy atom. The molecule has 1 atom stereocenters. The van der Waals surface area contributed by atoms with Crippen molar-refractivity contribution in [3.63, 3.8) is 0 Å². The number of rotatable bonds is 4. The largest absolute Gasteiger partial charge is 0.377 e. The number of hydrogen-bond donors (Lipinski definition) is 1. The molecule has 6 heteroatoms. The Morgan fingerprint density at radius 2 is 2.26 bits per heavy atom. The second kappa shape index (κ2) is 5.96. The number of aromatic nitrogens is 2. The highest BCUT2D eigenvalue weighted by molar-refractivity contribution is 7.98. The molecule has 0 aliphatic carbocycles. The van der Waals surface area contributed by atoms with Gasteiger partial charge in [0.1, 0.15) is 11.6 Å². The SMILES string of the molecule is CNc1cc(N2CCCC(C)(OC)C2)nc(SC)n1. The zero-order chi connectivity index (χ0) is 13.9. The molecule has 1 unspecified atom stereocenters. The molecule has 2 heterocycles. The highest BCUT2D eigenvalue weighted by Crippen LogP contribution is 2.28. The molecule has 106 valence electrons. The van der Waals surface area contributed by atoms with Gasteiger partial charge in [0.25, 0.3) is 0 Å². The van der Waals surface area contributed by atoms with Crippen molar-refractivity contribution in [2.24, 2.45) is 0 Å². The van der Waals surface area contributed by atoms with Crippen molar-refractivity contribution in [3.8, 4) is 0 Å². The predicted octanol–water partition coefficient (Wildman–Crippen LogP) is 2.25. The van der Waals surface area contributed by atoms with Gasteiger partial charge in [0.15, 0.2) is 5.16 Å². The van der Waals surface area contributed by atoms with Crippen LogP contribution in [-0.4, -0.2) is 49.1 Å². The van der Waals surface area contributed by atoms with Crippen LogP contribution in [0.3, 0.4) is 0 Å². The van der Waals surface area contributed by atoms with Crippen molar-refractivity contribution in [2.45, 2.75) is 30.5 Å². The fourth-order valence-corrected chi connectivity index (χ4v) is 2.74. The summed E-state index contributed by atoms with van der Waals surface area (Å²) in [6.45, 7) is 4.05. The van der Waals surface area contributed by atoms with Crippen LogP contribution < -0.4 is 10.2 Å². The third-order valence-electron chi connectivity index (χ3n) is 3.61. The Hall–Kier alpha value is -1.01. The van der Waals surface area contributed by atoms with Crippen LogP contribution in [0.5, 0.6) is 0 Å². The smallest absolute Gasteiger partial charge is 0.191 e. The average molecular weight is 282 g/mol. The summed E-state index contributed by atoms with van der Waals surface area (Å²) in [6.07, 6.45) is 4.21. The van der Waals surface area contributed by atoms with Gasteiger partial charge >= 0.3 is 0 Å². The maximum Gasteiger partial charge on any atom is 0.191 e. The minimum absolute atomic E-state index is 0.0808. The standard InChI is InChI=1S/C13H22N4OS/c1-13(18-3)6-5-7-17(9-13)11-8-10(14-2)15-12(16-11)19-4/h8H,5-7,9H2,1-4H3,(H,14,15,16). The molecule has 0 radical (unpaired) electrons. The maximum atomic E-state index is 5.64. The lowest BCUT2D eigenvalue weighted by Crippen LogP contribution is -2.47. The molecule has 2 rings (SSSR count). The predicted molar refractivity (Wildman–Crippen MR) is 80.2 cm³/mol. The fraction of sp³-hybridized carbons (Fsp3) is 0.692. The molecule has 1 fully saturated rings. The number of hydrogen-bond acceptors (Lipinski definition) is 6. The van der Waals surface area contributed by atoms with E-state index in [-0.39, 0.29) is 5.60 Å². The molecular weight excluding hydrogens is 260 g/mol. The Morgan fingerprint density at radius 3 is 2.89 bits per heavy atom. The van der Waals surface area contributed by atoms with Gasteiger partial charge < -0.3 is 15.0 Å². The summed E-state index contributed by atoms with van der Waals surface area (Å²) in [6, 6.07) is 2.00. The van der Waals surface area contributed by atoms with E-state index in [9.17, 15) is 0 Å². The van der Waals surface area contributed by atoms with Gasteiger partial charge in [0.2, 0.25) is 0 Å². The summed E-state index contributed by atoms with van der Waals surface area (Å²) >= 11 is 1.56. The topological polar surface area (TPSA) is 50.3 Å². The van der Waals surface area contributed by atoms with Crippen molar-refractivity contribution in [1.29, 1.82) is 0 Å². The number of ether oxygens (including phenoxy) is 1. The van der Waals surface area contributed by atoms with Gasteiger partial charge in [-0.15, -0.1) is 0 Å². The van der Waals surface area contributed by atoms with E-state index < -0.39 is 0 Å². The van der Waals surface area contributed by atoms with Crippen LogP contribution in [0.25, 0.3) is 0 Å². The molecule has 0 aromatic carbocycles. The van der Waals surface area contributed by atoms with Crippen LogP contribution in [-0.2, 0) is 4.74 Å². The van der Waals surface area contributed by atoms with E-state index in [1.165, 1.54) is 0 Å². The second-order valence-electron chi connectivity index (χ2n) is 5.03. The van der Waals surface area contributed by atoms with Crippen molar-refractivity contribution in [1.82, 2.24) is 9.97 Å². The van der Waals surface area contributed by atoms with Crippen molar-refractivity contribution in [2.75, 3.05) is 43.7 Å². The Balaban J connectivity index is 2.25. The molecule has 19 heavy (non-hydrogen) atoms. The summed E-state index contributed by atoms with van der Waals surface area (Å²) in [5, 5.41) is 3.89. The van der Waals surface area contributed by atoms with E-state index in [1.54, 1.807) is 18.9 Å². The van der Waals surface area contributed by atoms with Crippen LogP contribution in [0.1, 0.15) is 19.8 Å². The highest BCUT2D eigenvalue weighted by Gasteiger charge is 2.31. The number of nitrogens with zero attached hydrogens (tertiary/aromatic N) is 3. The summed E-state index contributed by atoms with van der Waals surface area (Å²) in [5.74, 6) is 1.84. The molecule has 1 aromatic heterocycles. The fourth-order valence-electron chi connectivity index (χ4n) is 2.36. The van der Waals surface area contributed by atoms with E-state index in [0.29, 0.717) is 0 Å². The van der Waals surface area contributed by atoms with E-state index in [0.717, 1.165) is 42.7 Å². The molecule has 0 saturated carbocycles. The van der Waals surface area contributed by atoms with E-state index in [1.807, 2.05) is 19.4 Å². The molecule has 1 N–H and O–H groups in total. The molecule has 0 amide bonds. The molecule has 0 bridgehead atoms. The lowest BCUT2D eigenvalue weighted by Gasteiger charge is -2.40.